The highest BCUT2D eigenvalue weighted by Gasteiger charge is 2.35. The van der Waals surface area contributed by atoms with E-state index in [1.807, 2.05) is 50.2 Å². The van der Waals surface area contributed by atoms with Crippen molar-refractivity contribution < 1.29 is 33.3 Å². The number of ether oxygens (including phenoxy) is 4. The number of aromatic nitrogens is 2. The van der Waals surface area contributed by atoms with E-state index in [1.54, 1.807) is 24.1 Å². The Morgan fingerprint density at radius 2 is 1.91 bits per heavy atom. The van der Waals surface area contributed by atoms with Crippen molar-refractivity contribution >= 4 is 35.5 Å². The van der Waals surface area contributed by atoms with Crippen molar-refractivity contribution in [3.63, 3.8) is 0 Å². The second-order valence-electron chi connectivity index (χ2n) is 11.9. The lowest BCUT2D eigenvalue weighted by Crippen LogP contribution is -2.39. The number of cyclic esters (lactones) is 1. The maximum Gasteiger partial charge on any atom is 0.415 e. The fourth-order valence-electron chi connectivity index (χ4n) is 5.96. The zero-order valence-corrected chi connectivity index (χ0v) is 26.4. The monoisotopic (exact) mass is 630 g/mol. The molecule has 1 aliphatic carbocycles. The molecule has 1 saturated heterocycles. The molecular formula is C33H38N6O7. The van der Waals surface area contributed by atoms with Gasteiger partial charge in [-0.25, -0.2) is 19.6 Å². The number of hydrogen-bond donors (Lipinski definition) is 1. The molecule has 1 aromatic carbocycles. The predicted molar refractivity (Wildman–Crippen MR) is 170 cm³/mol. The van der Waals surface area contributed by atoms with Crippen LogP contribution in [0, 0.1) is 12.8 Å². The van der Waals surface area contributed by atoms with Crippen molar-refractivity contribution in [1.29, 1.82) is 0 Å². The zero-order chi connectivity index (χ0) is 32.4. The Bertz CT molecular complexity index is 1630. The number of nitrogens with one attached hydrogen (secondary N) is 1. The summed E-state index contributed by atoms with van der Waals surface area (Å²) in [7, 11) is 5.54. The lowest BCUT2D eigenvalue weighted by molar-refractivity contribution is -0.121. The minimum atomic E-state index is -0.548. The van der Waals surface area contributed by atoms with E-state index >= 15 is 0 Å². The number of aryl methyl sites for hydroxylation is 1. The summed E-state index contributed by atoms with van der Waals surface area (Å²) in [6, 6.07) is 12.9. The van der Waals surface area contributed by atoms with Crippen LogP contribution in [0.2, 0.25) is 0 Å². The van der Waals surface area contributed by atoms with Gasteiger partial charge in [-0.3, -0.25) is 14.6 Å². The highest BCUT2D eigenvalue weighted by atomic mass is 16.6. The van der Waals surface area contributed by atoms with Gasteiger partial charge in [0.2, 0.25) is 0 Å². The van der Waals surface area contributed by atoms with Gasteiger partial charge in [0.1, 0.15) is 23.5 Å². The van der Waals surface area contributed by atoms with Crippen LogP contribution in [0.5, 0.6) is 11.5 Å². The second-order valence-corrected chi connectivity index (χ2v) is 11.9. The Balaban J connectivity index is 0.994. The highest BCUT2D eigenvalue weighted by Crippen LogP contribution is 2.35. The third-order valence-corrected chi connectivity index (χ3v) is 8.44. The number of hydrogen-bond acceptors (Lipinski definition) is 10. The van der Waals surface area contributed by atoms with E-state index in [2.05, 4.69) is 21.4 Å². The van der Waals surface area contributed by atoms with Gasteiger partial charge in [-0.2, -0.15) is 0 Å². The molecule has 0 spiro atoms. The Hall–Kier alpha value is -5.07. The molecule has 3 aliphatic rings. The van der Waals surface area contributed by atoms with Gasteiger partial charge in [-0.1, -0.05) is 12.1 Å². The van der Waals surface area contributed by atoms with Gasteiger partial charge in [0, 0.05) is 38.7 Å². The van der Waals surface area contributed by atoms with Crippen LogP contribution in [0.1, 0.15) is 28.8 Å². The molecule has 13 nitrogen and oxygen atoms in total. The summed E-state index contributed by atoms with van der Waals surface area (Å²) in [6.45, 7) is 3.05. The molecule has 2 aliphatic heterocycles. The maximum absolute atomic E-state index is 12.8. The summed E-state index contributed by atoms with van der Waals surface area (Å²) in [6.07, 6.45) is 0.577. The fourth-order valence-corrected chi connectivity index (χ4v) is 5.96. The predicted octanol–water partition coefficient (Wildman–Crippen LogP) is 3.64. The minimum absolute atomic E-state index is 0.101. The first-order valence-electron chi connectivity index (χ1n) is 15.3. The highest BCUT2D eigenvalue weighted by molar-refractivity contribution is 5.97. The van der Waals surface area contributed by atoms with Gasteiger partial charge in [-0.05, 0) is 66.8 Å². The summed E-state index contributed by atoms with van der Waals surface area (Å²) in [4.78, 5) is 52.3. The lowest BCUT2D eigenvalue weighted by atomic mass is 10.1. The van der Waals surface area contributed by atoms with Gasteiger partial charge in [0.05, 0.1) is 26.8 Å². The van der Waals surface area contributed by atoms with Crippen molar-refractivity contribution in [2.45, 2.75) is 38.8 Å². The van der Waals surface area contributed by atoms with Crippen molar-refractivity contribution in [3.05, 3.63) is 64.8 Å². The van der Waals surface area contributed by atoms with E-state index in [-0.39, 0.29) is 38.1 Å². The van der Waals surface area contributed by atoms with Crippen LogP contribution >= 0.6 is 0 Å². The summed E-state index contributed by atoms with van der Waals surface area (Å²) < 4.78 is 21.9. The van der Waals surface area contributed by atoms with Gasteiger partial charge in [0.25, 0.3) is 5.91 Å². The number of carbonyl (C=O) groups is 3. The number of pyridine rings is 2. The zero-order valence-electron chi connectivity index (χ0n) is 26.4. The molecule has 4 heterocycles. The summed E-state index contributed by atoms with van der Waals surface area (Å²) in [5, 5.41) is 2.77. The van der Waals surface area contributed by atoms with E-state index < -0.39 is 18.3 Å². The van der Waals surface area contributed by atoms with Gasteiger partial charge < -0.3 is 29.2 Å². The van der Waals surface area contributed by atoms with E-state index in [9.17, 15) is 14.4 Å². The second kappa shape index (κ2) is 13.1. The normalized spacial score (nSPS) is 18.4. The topological polar surface area (TPSA) is 136 Å². The largest absolute Gasteiger partial charge is 0.497 e. The molecule has 2 atom stereocenters. The number of methoxy groups -OCH3 is 1. The molecule has 242 valence electrons. The molecular weight excluding hydrogens is 592 g/mol. The Kier molecular flexibility index (Phi) is 8.82. The summed E-state index contributed by atoms with van der Waals surface area (Å²) >= 11 is 0. The number of rotatable bonds is 10. The van der Waals surface area contributed by atoms with E-state index in [4.69, 9.17) is 18.9 Å². The average Bonchev–Trinajstić information content (AvgIpc) is 3.64. The molecule has 1 fully saturated rings. The fraction of sp³-hybridized carbons (Fsp3) is 0.424. The third-order valence-electron chi connectivity index (χ3n) is 8.44. The van der Waals surface area contributed by atoms with Crippen LogP contribution in [0.3, 0.4) is 0 Å². The number of nitrogens with zero attached hydrogens (tertiary/aromatic N) is 5. The van der Waals surface area contributed by atoms with Crippen LogP contribution in [0.15, 0.2) is 42.5 Å². The van der Waals surface area contributed by atoms with E-state index in [0.29, 0.717) is 30.4 Å². The Morgan fingerprint density at radius 1 is 1.11 bits per heavy atom. The van der Waals surface area contributed by atoms with Gasteiger partial charge >= 0.3 is 12.2 Å². The van der Waals surface area contributed by atoms with Crippen LogP contribution in [0.25, 0.3) is 0 Å². The quantitative estimate of drug-likeness (QED) is 0.354. The van der Waals surface area contributed by atoms with E-state index in [1.165, 1.54) is 16.0 Å². The smallest absolute Gasteiger partial charge is 0.415 e. The number of anilines is 3. The molecule has 2 unspecified atom stereocenters. The lowest BCUT2D eigenvalue weighted by Gasteiger charge is -2.29. The minimum Gasteiger partial charge on any atom is -0.497 e. The number of benzene rings is 1. The molecule has 0 radical (unpaired) electrons. The van der Waals surface area contributed by atoms with Crippen molar-refractivity contribution in [1.82, 2.24) is 15.3 Å². The summed E-state index contributed by atoms with van der Waals surface area (Å²) in [5.41, 5.74) is 4.41. The Labute approximate surface area is 267 Å². The standard InChI is InChI=1S/C33H38N6O7/c1-20-26-14-22(13-23(26)15-29(35-20)37(2)3)18-45-32(41)34-12-11-25-17-38(33(42)46-25)28-10-9-27-31(36-28)39(30(40)19-44-27)16-21-5-7-24(43-4)8-6-21/h5-10,15,22,25H,11-14,16-19H2,1-4H3,(H,34,41). The van der Waals surface area contributed by atoms with Crippen LogP contribution in [-0.2, 0) is 33.7 Å². The number of carbonyl (C=O) groups excluding carboxylic acids is 3. The average molecular weight is 631 g/mol. The maximum atomic E-state index is 12.8. The van der Waals surface area contributed by atoms with Crippen LogP contribution in [0.4, 0.5) is 27.0 Å². The molecule has 0 bridgehead atoms. The van der Waals surface area contributed by atoms with Crippen molar-refractivity contribution in [2.75, 3.05) is 62.2 Å². The molecule has 46 heavy (non-hydrogen) atoms. The number of alkyl carbamates (subject to hydrolysis) is 1. The Morgan fingerprint density at radius 3 is 2.67 bits per heavy atom. The molecule has 3 aromatic rings. The van der Waals surface area contributed by atoms with Gasteiger partial charge in [0.15, 0.2) is 18.2 Å². The van der Waals surface area contributed by atoms with Crippen LogP contribution in [-0.4, -0.2) is 81.7 Å². The van der Waals surface area contributed by atoms with Crippen molar-refractivity contribution in [2.24, 2.45) is 5.92 Å². The molecule has 6 rings (SSSR count). The third kappa shape index (κ3) is 6.63. The van der Waals surface area contributed by atoms with Gasteiger partial charge in [-0.15, -0.1) is 0 Å². The molecule has 13 heteroatoms. The summed E-state index contributed by atoms with van der Waals surface area (Å²) in [5.74, 6) is 2.75. The number of fused-ring (bicyclic) bond motifs is 2. The van der Waals surface area contributed by atoms with Crippen LogP contribution < -0.4 is 29.5 Å². The van der Waals surface area contributed by atoms with Crippen molar-refractivity contribution in [3.8, 4) is 11.5 Å². The first kappa shape index (κ1) is 30.9. The molecule has 3 amide bonds. The molecule has 1 N–H and O–H groups in total. The first-order valence-corrected chi connectivity index (χ1v) is 15.3. The van der Waals surface area contributed by atoms with E-state index in [0.717, 1.165) is 35.7 Å². The molecule has 0 saturated carbocycles. The number of amides is 3. The SMILES string of the molecule is COc1ccc(CN2C(=O)COc3ccc(N4CC(CCNC(=O)OCC5Cc6cc(N(C)C)nc(C)c6C5)OC4=O)nc32)cc1. The first-order chi connectivity index (χ1) is 22.2. The molecule has 2 aromatic heterocycles.